The van der Waals surface area contributed by atoms with Gasteiger partial charge in [-0.1, -0.05) is 52.3 Å². The normalized spacial score (nSPS) is 16.2. The van der Waals surface area contributed by atoms with Crippen LogP contribution in [0.25, 0.3) is 0 Å². The fourth-order valence-corrected chi connectivity index (χ4v) is 3.40. The van der Waals surface area contributed by atoms with E-state index in [1.165, 1.54) is 5.56 Å². The van der Waals surface area contributed by atoms with Crippen LogP contribution >= 0.6 is 15.9 Å². The van der Waals surface area contributed by atoms with Crippen molar-refractivity contribution in [3.05, 3.63) is 64.6 Å². The second-order valence-corrected chi connectivity index (χ2v) is 7.14. The van der Waals surface area contributed by atoms with E-state index >= 15 is 0 Å². The first-order chi connectivity index (χ1) is 11.8. The van der Waals surface area contributed by atoms with E-state index in [0.29, 0.717) is 0 Å². The van der Waals surface area contributed by atoms with E-state index in [1.54, 1.807) is 0 Å². The van der Waals surface area contributed by atoms with Crippen LogP contribution in [0.2, 0.25) is 0 Å². The molecule has 4 heteroatoms. The summed E-state index contributed by atoms with van der Waals surface area (Å²) in [5.74, 6) is 0.936. The molecule has 3 rings (SSSR count). The molecule has 0 bridgehead atoms. The molecular weight excluding hydrogens is 364 g/mol. The minimum atomic E-state index is 0.750. The van der Waals surface area contributed by atoms with Gasteiger partial charge in [0.25, 0.3) is 0 Å². The Morgan fingerprint density at radius 3 is 2.25 bits per heavy atom. The van der Waals surface area contributed by atoms with E-state index in [-0.39, 0.29) is 0 Å². The Bertz CT molecular complexity index is 612. The van der Waals surface area contributed by atoms with Gasteiger partial charge in [-0.3, -0.25) is 4.90 Å². The molecule has 3 nitrogen and oxygen atoms in total. The van der Waals surface area contributed by atoms with Gasteiger partial charge in [-0.25, -0.2) is 0 Å². The monoisotopic (exact) mass is 388 g/mol. The first-order valence-electron chi connectivity index (χ1n) is 8.66. The number of nitrogens with zero attached hydrogens (tertiary/aromatic N) is 2. The summed E-state index contributed by atoms with van der Waals surface area (Å²) in [6, 6.07) is 18.8. The zero-order valence-electron chi connectivity index (χ0n) is 14.0. The number of piperazine rings is 1. The summed E-state index contributed by atoms with van der Waals surface area (Å²) in [6.45, 7) is 7.49. The average Bonchev–Trinajstić information content (AvgIpc) is 2.62. The Balaban J connectivity index is 1.32. The van der Waals surface area contributed by atoms with Crippen LogP contribution in [0.5, 0.6) is 5.75 Å². The van der Waals surface area contributed by atoms with Crippen LogP contribution in [-0.4, -0.2) is 55.7 Å². The van der Waals surface area contributed by atoms with Gasteiger partial charge in [-0.15, -0.1) is 0 Å². The van der Waals surface area contributed by atoms with Gasteiger partial charge in [0.15, 0.2) is 0 Å². The number of benzene rings is 2. The second kappa shape index (κ2) is 9.21. The smallest absolute Gasteiger partial charge is 0.120 e. The van der Waals surface area contributed by atoms with E-state index in [2.05, 4.69) is 56.1 Å². The molecule has 0 unspecified atom stereocenters. The first-order valence-corrected chi connectivity index (χ1v) is 9.46. The van der Waals surface area contributed by atoms with Crippen molar-refractivity contribution < 1.29 is 4.74 Å². The number of hydrogen-bond acceptors (Lipinski definition) is 3. The van der Waals surface area contributed by atoms with Crippen LogP contribution in [0.1, 0.15) is 5.56 Å². The van der Waals surface area contributed by atoms with E-state index in [4.69, 9.17) is 4.74 Å². The molecule has 0 aromatic heterocycles. The zero-order valence-corrected chi connectivity index (χ0v) is 15.6. The van der Waals surface area contributed by atoms with Gasteiger partial charge in [0.2, 0.25) is 0 Å². The summed E-state index contributed by atoms with van der Waals surface area (Å²) in [7, 11) is 0. The van der Waals surface area contributed by atoms with Gasteiger partial charge in [0.1, 0.15) is 12.4 Å². The third kappa shape index (κ3) is 5.62. The molecule has 2 aromatic carbocycles. The highest BCUT2D eigenvalue weighted by molar-refractivity contribution is 9.10. The van der Waals surface area contributed by atoms with Gasteiger partial charge in [0.05, 0.1) is 0 Å². The molecule has 0 atom stereocenters. The molecule has 0 saturated carbocycles. The number of hydrogen-bond donors (Lipinski definition) is 0. The molecule has 0 N–H and O–H groups in total. The summed E-state index contributed by atoms with van der Waals surface area (Å²) in [5.41, 5.74) is 1.43. The van der Waals surface area contributed by atoms with Crippen LogP contribution < -0.4 is 4.74 Å². The average molecular weight is 389 g/mol. The second-order valence-electron chi connectivity index (χ2n) is 6.22. The van der Waals surface area contributed by atoms with Crippen molar-refractivity contribution >= 4 is 15.9 Å². The molecule has 0 amide bonds. The first kappa shape index (κ1) is 17.5. The van der Waals surface area contributed by atoms with Crippen LogP contribution in [0.15, 0.2) is 59.1 Å². The van der Waals surface area contributed by atoms with Crippen molar-refractivity contribution in [3.63, 3.8) is 0 Å². The SMILES string of the molecule is Brc1cccc(OCCN2CCN(CCc3ccccc3)CC2)c1. The van der Waals surface area contributed by atoms with Crippen molar-refractivity contribution in [2.45, 2.75) is 6.42 Å². The molecule has 1 fully saturated rings. The molecule has 0 radical (unpaired) electrons. The summed E-state index contributed by atoms with van der Waals surface area (Å²) >= 11 is 3.47. The lowest BCUT2D eigenvalue weighted by atomic mass is 10.1. The topological polar surface area (TPSA) is 15.7 Å². The highest BCUT2D eigenvalue weighted by Crippen LogP contribution is 2.17. The van der Waals surface area contributed by atoms with Crippen LogP contribution in [0, 0.1) is 0 Å². The lowest BCUT2D eigenvalue weighted by Gasteiger charge is -2.34. The summed E-state index contributed by atoms with van der Waals surface area (Å²) in [5, 5.41) is 0. The predicted octanol–water partition coefficient (Wildman–Crippen LogP) is 3.69. The molecule has 1 aliphatic heterocycles. The lowest BCUT2D eigenvalue weighted by molar-refractivity contribution is 0.118. The highest BCUT2D eigenvalue weighted by atomic mass is 79.9. The molecule has 128 valence electrons. The molecule has 0 aliphatic carbocycles. The Morgan fingerprint density at radius 2 is 1.54 bits per heavy atom. The highest BCUT2D eigenvalue weighted by Gasteiger charge is 2.16. The largest absolute Gasteiger partial charge is 0.492 e. The van der Waals surface area contributed by atoms with Gasteiger partial charge in [-0.05, 0) is 30.2 Å². The standard InChI is InChI=1S/C20H25BrN2O/c21-19-7-4-8-20(17-19)24-16-15-23-13-11-22(12-14-23)10-9-18-5-2-1-3-6-18/h1-8,17H,9-16H2. The molecule has 1 heterocycles. The van der Waals surface area contributed by atoms with Crippen molar-refractivity contribution in [1.29, 1.82) is 0 Å². The quantitative estimate of drug-likeness (QED) is 0.719. The van der Waals surface area contributed by atoms with Gasteiger partial charge < -0.3 is 9.64 Å². The molecule has 2 aromatic rings. The summed E-state index contributed by atoms with van der Waals surface area (Å²) in [4.78, 5) is 5.07. The van der Waals surface area contributed by atoms with Gasteiger partial charge in [0, 0.05) is 43.7 Å². The number of rotatable bonds is 7. The Hall–Kier alpha value is -1.36. The van der Waals surface area contributed by atoms with Crippen LogP contribution in [-0.2, 0) is 6.42 Å². The zero-order chi connectivity index (χ0) is 16.6. The lowest BCUT2D eigenvalue weighted by Crippen LogP contribution is -2.47. The van der Waals surface area contributed by atoms with E-state index in [0.717, 1.165) is 62.5 Å². The van der Waals surface area contributed by atoms with Crippen molar-refractivity contribution in [1.82, 2.24) is 9.80 Å². The van der Waals surface area contributed by atoms with Crippen molar-refractivity contribution in [3.8, 4) is 5.75 Å². The Morgan fingerprint density at radius 1 is 0.833 bits per heavy atom. The molecule has 24 heavy (non-hydrogen) atoms. The molecule has 0 spiro atoms. The molecule has 1 saturated heterocycles. The molecular formula is C20H25BrN2O. The summed E-state index contributed by atoms with van der Waals surface area (Å²) in [6.07, 6.45) is 1.15. The Kier molecular flexibility index (Phi) is 6.70. The van der Waals surface area contributed by atoms with E-state index in [9.17, 15) is 0 Å². The van der Waals surface area contributed by atoms with Crippen molar-refractivity contribution in [2.75, 3.05) is 45.9 Å². The number of halogens is 1. The van der Waals surface area contributed by atoms with E-state index in [1.807, 2.05) is 24.3 Å². The maximum Gasteiger partial charge on any atom is 0.120 e. The third-order valence-corrected chi connectivity index (χ3v) is 4.99. The fourth-order valence-electron chi connectivity index (χ4n) is 3.02. The van der Waals surface area contributed by atoms with Crippen molar-refractivity contribution in [2.24, 2.45) is 0 Å². The number of ether oxygens (including phenoxy) is 1. The molecule has 1 aliphatic rings. The third-order valence-electron chi connectivity index (χ3n) is 4.50. The van der Waals surface area contributed by atoms with E-state index < -0.39 is 0 Å². The van der Waals surface area contributed by atoms with Gasteiger partial charge in [-0.2, -0.15) is 0 Å². The summed E-state index contributed by atoms with van der Waals surface area (Å²) < 4.78 is 6.90. The predicted molar refractivity (Wildman–Crippen MR) is 103 cm³/mol. The minimum absolute atomic E-state index is 0.750. The van der Waals surface area contributed by atoms with Gasteiger partial charge >= 0.3 is 0 Å². The minimum Gasteiger partial charge on any atom is -0.492 e. The maximum atomic E-state index is 5.84. The van der Waals surface area contributed by atoms with Crippen LogP contribution in [0.4, 0.5) is 0 Å². The fraction of sp³-hybridized carbons (Fsp3) is 0.400. The Labute approximate surface area is 153 Å². The van der Waals surface area contributed by atoms with Crippen LogP contribution in [0.3, 0.4) is 0 Å². The maximum absolute atomic E-state index is 5.84.